The van der Waals surface area contributed by atoms with Gasteiger partial charge in [-0.1, -0.05) is 59.8 Å². The molecule has 1 aliphatic heterocycles. The third-order valence-corrected chi connectivity index (χ3v) is 3.89. The number of benzene rings is 2. The molecule has 4 nitrogen and oxygen atoms in total. The second-order valence-electron chi connectivity index (χ2n) is 6.25. The molecule has 2 aromatic rings. The predicted octanol–water partition coefficient (Wildman–Crippen LogP) is 3.52. The van der Waals surface area contributed by atoms with Gasteiger partial charge in [-0.05, 0) is 25.8 Å². The molecule has 23 heavy (non-hydrogen) atoms. The number of hydrogen-bond acceptors (Lipinski definition) is 4. The number of aliphatic imine (C=N–C) groups is 1. The second kappa shape index (κ2) is 5.80. The fourth-order valence-corrected chi connectivity index (χ4v) is 2.88. The average molecular weight is 306 g/mol. The molecule has 116 valence electrons. The van der Waals surface area contributed by atoms with Crippen LogP contribution >= 0.6 is 0 Å². The Morgan fingerprint density at radius 3 is 2.43 bits per heavy atom. The molecular formula is C19H18N2O2. The van der Waals surface area contributed by atoms with Crippen molar-refractivity contribution in [3.63, 3.8) is 0 Å². The van der Waals surface area contributed by atoms with E-state index >= 15 is 0 Å². The summed E-state index contributed by atoms with van der Waals surface area (Å²) >= 11 is 0. The molecular weight excluding hydrogens is 288 g/mol. The van der Waals surface area contributed by atoms with Crippen molar-refractivity contribution in [2.75, 3.05) is 0 Å². The van der Waals surface area contributed by atoms with Gasteiger partial charge in [0.2, 0.25) is 5.78 Å². The predicted molar refractivity (Wildman–Crippen MR) is 90.8 cm³/mol. The second-order valence-corrected chi connectivity index (χ2v) is 6.25. The van der Waals surface area contributed by atoms with Gasteiger partial charge in [0.15, 0.2) is 5.71 Å². The van der Waals surface area contributed by atoms with Gasteiger partial charge >= 0.3 is 0 Å². The number of hydrogen-bond donors (Lipinski definition) is 1. The Balaban J connectivity index is 2.11. The maximum Gasteiger partial charge on any atom is 0.216 e. The number of rotatable bonds is 3. The fourth-order valence-electron chi connectivity index (χ4n) is 2.88. The first-order valence-electron chi connectivity index (χ1n) is 7.52. The van der Waals surface area contributed by atoms with Crippen molar-refractivity contribution in [2.45, 2.75) is 25.8 Å². The van der Waals surface area contributed by atoms with Crippen LogP contribution in [0.5, 0.6) is 0 Å². The number of Topliss-reactive ketones (excluding diaryl/α,β-unsaturated/α-hetero) is 1. The summed E-state index contributed by atoms with van der Waals surface area (Å²) in [6.45, 7) is 4.01. The smallest absolute Gasteiger partial charge is 0.216 e. The summed E-state index contributed by atoms with van der Waals surface area (Å²) in [7, 11) is 0. The molecule has 4 heteroatoms. The van der Waals surface area contributed by atoms with Gasteiger partial charge in [0.1, 0.15) is 0 Å². The summed E-state index contributed by atoms with van der Waals surface area (Å²) in [6, 6.07) is 16.6. The van der Waals surface area contributed by atoms with Gasteiger partial charge < -0.3 is 5.21 Å². The highest BCUT2D eigenvalue weighted by molar-refractivity contribution is 6.73. The summed E-state index contributed by atoms with van der Waals surface area (Å²) in [6.07, 6.45) is 0.783. The van der Waals surface area contributed by atoms with E-state index < -0.39 is 0 Å². The zero-order valence-electron chi connectivity index (χ0n) is 13.2. The van der Waals surface area contributed by atoms with Crippen LogP contribution in [-0.4, -0.2) is 28.0 Å². The third kappa shape index (κ3) is 2.93. The molecule has 1 aliphatic rings. The van der Waals surface area contributed by atoms with Gasteiger partial charge in [0.05, 0.1) is 11.3 Å². The largest absolute Gasteiger partial charge is 0.410 e. The molecule has 0 radical (unpaired) electrons. The van der Waals surface area contributed by atoms with E-state index in [1.165, 1.54) is 0 Å². The lowest BCUT2D eigenvalue weighted by Gasteiger charge is -2.28. The normalized spacial score (nSPS) is 16.4. The minimum Gasteiger partial charge on any atom is -0.410 e. The zero-order chi connectivity index (χ0) is 16.4. The summed E-state index contributed by atoms with van der Waals surface area (Å²) in [4.78, 5) is 17.4. The van der Waals surface area contributed by atoms with Crippen molar-refractivity contribution in [3.8, 4) is 0 Å². The first kappa shape index (κ1) is 15.2. The van der Waals surface area contributed by atoms with E-state index in [1.807, 2.05) is 44.2 Å². The van der Waals surface area contributed by atoms with Crippen molar-refractivity contribution in [2.24, 2.45) is 10.1 Å². The van der Waals surface area contributed by atoms with Crippen LogP contribution in [0.2, 0.25) is 0 Å². The van der Waals surface area contributed by atoms with E-state index in [2.05, 4.69) is 10.1 Å². The summed E-state index contributed by atoms with van der Waals surface area (Å²) in [5.74, 6) is -0.334. The molecule has 0 unspecified atom stereocenters. The number of carbonyl (C=O) groups excluding carboxylic acids is 1. The van der Waals surface area contributed by atoms with E-state index in [0.717, 1.165) is 17.5 Å². The number of fused-ring (bicyclic) bond motifs is 1. The van der Waals surface area contributed by atoms with E-state index in [0.29, 0.717) is 11.3 Å². The van der Waals surface area contributed by atoms with E-state index in [-0.39, 0.29) is 17.0 Å². The monoisotopic (exact) mass is 306 g/mol. The zero-order valence-corrected chi connectivity index (χ0v) is 13.2. The lowest BCUT2D eigenvalue weighted by atomic mass is 9.84. The van der Waals surface area contributed by atoms with Crippen LogP contribution in [0.15, 0.2) is 64.7 Å². The maximum absolute atomic E-state index is 12.7. The first-order chi connectivity index (χ1) is 11.0. The molecule has 0 bridgehead atoms. The third-order valence-electron chi connectivity index (χ3n) is 3.89. The Hall–Kier alpha value is -2.75. The molecule has 0 spiro atoms. The van der Waals surface area contributed by atoms with Gasteiger partial charge in [0.25, 0.3) is 0 Å². The molecule has 0 saturated carbocycles. The minimum atomic E-state index is -0.351. The first-order valence-corrected chi connectivity index (χ1v) is 7.52. The average Bonchev–Trinajstić information content (AvgIpc) is 2.55. The Kier molecular flexibility index (Phi) is 3.82. The molecule has 3 rings (SSSR count). The summed E-state index contributed by atoms with van der Waals surface area (Å²) in [5.41, 5.74) is 2.51. The lowest BCUT2D eigenvalue weighted by Crippen LogP contribution is -2.35. The molecule has 0 saturated heterocycles. The highest BCUT2D eigenvalue weighted by atomic mass is 16.4. The highest BCUT2D eigenvalue weighted by Crippen LogP contribution is 2.27. The number of ketones is 1. The fraction of sp³-hybridized carbons (Fsp3) is 0.211. The van der Waals surface area contributed by atoms with Gasteiger partial charge in [-0.15, -0.1) is 0 Å². The van der Waals surface area contributed by atoms with Crippen molar-refractivity contribution < 1.29 is 10.0 Å². The van der Waals surface area contributed by atoms with Crippen LogP contribution in [0, 0.1) is 0 Å². The Labute approximate surface area is 135 Å². The van der Waals surface area contributed by atoms with Crippen LogP contribution in [0.4, 0.5) is 0 Å². The molecule has 0 aromatic heterocycles. The van der Waals surface area contributed by atoms with Crippen molar-refractivity contribution in [1.82, 2.24) is 0 Å². The van der Waals surface area contributed by atoms with E-state index in [1.54, 1.807) is 24.3 Å². The van der Waals surface area contributed by atoms with E-state index in [9.17, 15) is 10.0 Å². The molecule has 1 heterocycles. The number of carbonyl (C=O) groups is 1. The van der Waals surface area contributed by atoms with Crippen LogP contribution in [0.25, 0.3) is 0 Å². The van der Waals surface area contributed by atoms with Crippen molar-refractivity contribution >= 4 is 17.2 Å². The summed E-state index contributed by atoms with van der Waals surface area (Å²) < 4.78 is 0. The molecule has 1 N–H and O–H groups in total. The number of nitrogens with zero attached hydrogens (tertiary/aromatic N) is 2. The topological polar surface area (TPSA) is 62.0 Å². The Morgan fingerprint density at radius 2 is 1.74 bits per heavy atom. The van der Waals surface area contributed by atoms with E-state index in [4.69, 9.17) is 0 Å². The van der Waals surface area contributed by atoms with Crippen molar-refractivity contribution in [3.05, 3.63) is 71.3 Å². The van der Waals surface area contributed by atoms with Crippen LogP contribution < -0.4 is 0 Å². The molecule has 0 aliphatic carbocycles. The van der Waals surface area contributed by atoms with Crippen molar-refractivity contribution in [1.29, 1.82) is 0 Å². The Bertz CT molecular complexity index is 805. The van der Waals surface area contributed by atoms with Crippen LogP contribution in [0.1, 0.15) is 35.3 Å². The van der Waals surface area contributed by atoms with Gasteiger partial charge in [-0.25, -0.2) is 0 Å². The van der Waals surface area contributed by atoms with Gasteiger partial charge in [-0.3, -0.25) is 9.79 Å². The standard InChI is InChI=1S/C19H18N2O2/c1-19(2)12-14-10-6-7-11-15(14)16(20-19)17(21-23)18(22)13-8-4-3-5-9-13/h3-11,23H,12H2,1-2H3/b21-17-. The molecule has 0 fully saturated rings. The SMILES string of the molecule is CC1(C)Cc2ccccc2C(/C(=N/O)C(=O)c2ccccc2)=N1. The lowest BCUT2D eigenvalue weighted by molar-refractivity contribution is 0.106. The summed E-state index contributed by atoms with van der Waals surface area (Å²) in [5, 5.41) is 12.8. The molecule has 0 amide bonds. The van der Waals surface area contributed by atoms with Crippen LogP contribution in [-0.2, 0) is 6.42 Å². The number of oxime groups is 1. The minimum absolute atomic E-state index is 0.0172. The quantitative estimate of drug-likeness (QED) is 0.408. The van der Waals surface area contributed by atoms with Gasteiger partial charge in [-0.2, -0.15) is 0 Å². The van der Waals surface area contributed by atoms with Crippen LogP contribution in [0.3, 0.4) is 0 Å². The maximum atomic E-state index is 12.7. The molecule has 0 atom stereocenters. The molecule has 2 aromatic carbocycles. The Morgan fingerprint density at radius 1 is 1.09 bits per heavy atom. The van der Waals surface area contributed by atoms with Gasteiger partial charge in [0, 0.05) is 11.1 Å². The highest BCUT2D eigenvalue weighted by Gasteiger charge is 2.31.